The minimum atomic E-state index is 0.510. The first-order valence-electron chi connectivity index (χ1n) is 5.16. The van der Waals surface area contributed by atoms with Crippen LogP contribution in [-0.2, 0) is 0 Å². The third-order valence-corrected chi connectivity index (χ3v) is 2.66. The number of unbranched alkanes of at least 4 members (excludes halogenated alkanes) is 1. The van der Waals surface area contributed by atoms with Crippen LogP contribution in [0.4, 0.5) is 5.69 Å². The number of halogens is 2. The van der Waals surface area contributed by atoms with Crippen LogP contribution in [0, 0.1) is 0 Å². The Kier molecular flexibility index (Phi) is 5.74. The second-order valence-electron chi connectivity index (χ2n) is 3.39. The van der Waals surface area contributed by atoms with Crippen LogP contribution in [0.2, 0.25) is 10.0 Å². The smallest absolute Gasteiger partial charge is 0.160 e. The molecule has 3 nitrogen and oxygen atoms in total. The third kappa shape index (κ3) is 3.74. The van der Waals surface area contributed by atoms with Crippen molar-refractivity contribution in [2.24, 2.45) is 5.73 Å². The van der Waals surface area contributed by atoms with Crippen LogP contribution >= 0.6 is 23.2 Å². The van der Waals surface area contributed by atoms with E-state index in [9.17, 15) is 0 Å². The summed E-state index contributed by atoms with van der Waals surface area (Å²) in [6.45, 7) is 1.53. The molecule has 16 heavy (non-hydrogen) atoms. The van der Waals surface area contributed by atoms with Crippen molar-refractivity contribution in [3.05, 3.63) is 22.2 Å². The monoisotopic (exact) mass is 262 g/mol. The van der Waals surface area contributed by atoms with Gasteiger partial charge in [0.05, 0.1) is 17.8 Å². The van der Waals surface area contributed by atoms with Crippen molar-refractivity contribution in [2.75, 3.05) is 25.5 Å². The van der Waals surface area contributed by atoms with Crippen molar-refractivity contribution in [1.29, 1.82) is 0 Å². The molecule has 0 saturated carbocycles. The van der Waals surface area contributed by atoms with E-state index in [1.165, 1.54) is 0 Å². The highest BCUT2D eigenvalue weighted by Gasteiger charge is 2.08. The second-order valence-corrected chi connectivity index (χ2v) is 4.23. The molecular weight excluding hydrogens is 247 g/mol. The van der Waals surface area contributed by atoms with Gasteiger partial charge in [0.25, 0.3) is 0 Å². The predicted molar refractivity (Wildman–Crippen MR) is 69.8 cm³/mol. The van der Waals surface area contributed by atoms with Crippen molar-refractivity contribution in [3.8, 4) is 5.75 Å². The number of rotatable bonds is 6. The molecule has 90 valence electrons. The van der Waals surface area contributed by atoms with Crippen molar-refractivity contribution in [1.82, 2.24) is 0 Å². The Bertz CT molecular complexity index is 345. The van der Waals surface area contributed by atoms with E-state index in [1.54, 1.807) is 19.2 Å². The number of nitrogens with one attached hydrogen (secondary N) is 1. The van der Waals surface area contributed by atoms with Gasteiger partial charge in [-0.15, -0.1) is 0 Å². The molecule has 0 aliphatic carbocycles. The average Bonchev–Trinajstić information content (AvgIpc) is 2.24. The summed E-state index contributed by atoms with van der Waals surface area (Å²) in [4.78, 5) is 0. The number of hydrogen-bond donors (Lipinski definition) is 2. The zero-order valence-electron chi connectivity index (χ0n) is 9.22. The SMILES string of the molecule is COc1c(Cl)cc(Cl)cc1NCCCCN. The molecule has 1 aromatic rings. The molecule has 1 rings (SSSR count). The summed E-state index contributed by atoms with van der Waals surface area (Å²) < 4.78 is 5.21. The Morgan fingerprint density at radius 3 is 2.69 bits per heavy atom. The zero-order chi connectivity index (χ0) is 12.0. The topological polar surface area (TPSA) is 47.3 Å². The number of anilines is 1. The second kappa shape index (κ2) is 6.84. The van der Waals surface area contributed by atoms with Gasteiger partial charge >= 0.3 is 0 Å². The molecule has 0 amide bonds. The Morgan fingerprint density at radius 2 is 2.06 bits per heavy atom. The van der Waals surface area contributed by atoms with E-state index in [-0.39, 0.29) is 0 Å². The van der Waals surface area contributed by atoms with Crippen molar-refractivity contribution < 1.29 is 4.74 Å². The van der Waals surface area contributed by atoms with E-state index in [0.717, 1.165) is 25.1 Å². The van der Waals surface area contributed by atoms with Gasteiger partial charge < -0.3 is 15.8 Å². The van der Waals surface area contributed by atoms with Crippen LogP contribution in [0.1, 0.15) is 12.8 Å². The molecule has 0 saturated heterocycles. The van der Waals surface area contributed by atoms with E-state index in [4.69, 9.17) is 33.7 Å². The number of nitrogens with two attached hydrogens (primary N) is 1. The molecule has 5 heteroatoms. The number of benzene rings is 1. The Morgan fingerprint density at radius 1 is 1.31 bits per heavy atom. The van der Waals surface area contributed by atoms with E-state index in [1.807, 2.05) is 0 Å². The lowest BCUT2D eigenvalue weighted by Gasteiger charge is -2.12. The molecule has 0 heterocycles. The van der Waals surface area contributed by atoms with Crippen LogP contribution in [0.25, 0.3) is 0 Å². The van der Waals surface area contributed by atoms with Gasteiger partial charge in [-0.1, -0.05) is 23.2 Å². The van der Waals surface area contributed by atoms with Gasteiger partial charge in [-0.05, 0) is 31.5 Å². The highest BCUT2D eigenvalue weighted by Crippen LogP contribution is 2.35. The molecule has 0 radical (unpaired) electrons. The molecule has 0 unspecified atom stereocenters. The average molecular weight is 263 g/mol. The molecular formula is C11H16Cl2N2O. The number of ether oxygens (including phenoxy) is 1. The quantitative estimate of drug-likeness (QED) is 0.775. The lowest BCUT2D eigenvalue weighted by atomic mass is 10.2. The molecule has 0 fully saturated rings. The summed E-state index contributed by atoms with van der Waals surface area (Å²) in [6.07, 6.45) is 1.99. The van der Waals surface area contributed by atoms with Crippen molar-refractivity contribution in [3.63, 3.8) is 0 Å². The summed E-state index contributed by atoms with van der Waals surface area (Å²) in [5, 5.41) is 4.33. The fourth-order valence-electron chi connectivity index (χ4n) is 1.39. The molecule has 1 aromatic carbocycles. The van der Waals surface area contributed by atoms with Crippen LogP contribution in [-0.4, -0.2) is 20.2 Å². The van der Waals surface area contributed by atoms with Gasteiger partial charge in [0.15, 0.2) is 5.75 Å². The van der Waals surface area contributed by atoms with Gasteiger partial charge in [0.2, 0.25) is 0 Å². The third-order valence-electron chi connectivity index (χ3n) is 2.16. The van der Waals surface area contributed by atoms with Crippen LogP contribution in [0.5, 0.6) is 5.75 Å². The first kappa shape index (κ1) is 13.4. The van der Waals surface area contributed by atoms with Crippen molar-refractivity contribution in [2.45, 2.75) is 12.8 Å². The van der Waals surface area contributed by atoms with Gasteiger partial charge in [0, 0.05) is 11.6 Å². The fraction of sp³-hybridized carbons (Fsp3) is 0.455. The minimum Gasteiger partial charge on any atom is -0.493 e. The maximum absolute atomic E-state index is 6.01. The largest absolute Gasteiger partial charge is 0.493 e. The molecule has 0 aromatic heterocycles. The lowest BCUT2D eigenvalue weighted by Crippen LogP contribution is -2.06. The number of hydrogen-bond acceptors (Lipinski definition) is 3. The summed E-state index contributed by atoms with van der Waals surface area (Å²) in [5.74, 6) is 0.624. The highest BCUT2D eigenvalue weighted by atomic mass is 35.5. The van der Waals surface area contributed by atoms with Crippen molar-refractivity contribution >= 4 is 28.9 Å². The summed E-state index contributed by atoms with van der Waals surface area (Å²) in [7, 11) is 1.58. The molecule has 0 aliphatic rings. The fourth-order valence-corrected chi connectivity index (χ4v) is 1.96. The molecule has 0 atom stereocenters. The highest BCUT2D eigenvalue weighted by molar-refractivity contribution is 6.36. The molecule has 0 spiro atoms. The maximum atomic E-state index is 6.01. The van der Waals surface area contributed by atoms with Crippen LogP contribution in [0.3, 0.4) is 0 Å². The first-order valence-corrected chi connectivity index (χ1v) is 5.91. The predicted octanol–water partition coefficient (Wildman–Crippen LogP) is 3.15. The first-order chi connectivity index (χ1) is 7.69. The van der Waals surface area contributed by atoms with E-state index in [0.29, 0.717) is 22.3 Å². The van der Waals surface area contributed by atoms with Gasteiger partial charge in [0.1, 0.15) is 0 Å². The van der Waals surface area contributed by atoms with Gasteiger partial charge in [-0.25, -0.2) is 0 Å². The molecule has 0 aliphatic heterocycles. The maximum Gasteiger partial charge on any atom is 0.160 e. The molecule has 3 N–H and O–H groups in total. The summed E-state index contributed by atoms with van der Waals surface area (Å²) in [5.41, 5.74) is 6.23. The summed E-state index contributed by atoms with van der Waals surface area (Å²) >= 11 is 11.9. The Labute approximate surface area is 106 Å². The standard InChI is InChI=1S/C11H16Cl2N2O/c1-16-11-9(13)6-8(12)7-10(11)15-5-3-2-4-14/h6-7,15H,2-5,14H2,1H3. The Hall–Kier alpha value is -0.640. The van der Waals surface area contributed by atoms with Gasteiger partial charge in [-0.3, -0.25) is 0 Å². The minimum absolute atomic E-state index is 0.510. The lowest BCUT2D eigenvalue weighted by molar-refractivity contribution is 0.416. The zero-order valence-corrected chi connectivity index (χ0v) is 10.7. The van der Waals surface area contributed by atoms with E-state index >= 15 is 0 Å². The Balaban J connectivity index is 2.69. The van der Waals surface area contributed by atoms with E-state index in [2.05, 4.69) is 5.32 Å². The number of methoxy groups -OCH3 is 1. The molecule has 0 bridgehead atoms. The van der Waals surface area contributed by atoms with Crippen LogP contribution < -0.4 is 15.8 Å². The van der Waals surface area contributed by atoms with E-state index < -0.39 is 0 Å². The van der Waals surface area contributed by atoms with Crippen LogP contribution in [0.15, 0.2) is 12.1 Å². The van der Waals surface area contributed by atoms with Gasteiger partial charge in [-0.2, -0.15) is 0 Å². The summed E-state index contributed by atoms with van der Waals surface area (Å²) in [6, 6.07) is 3.46. The normalized spacial score (nSPS) is 10.2.